The number of carbonyl (C=O) groups is 2. The molecule has 0 aliphatic heterocycles. The summed E-state index contributed by atoms with van der Waals surface area (Å²) in [5.74, 6) is 0.288. The van der Waals surface area contributed by atoms with Gasteiger partial charge >= 0.3 is 0 Å². The third kappa shape index (κ3) is 4.81. The van der Waals surface area contributed by atoms with Crippen LogP contribution in [0.5, 0.6) is 0 Å². The van der Waals surface area contributed by atoms with E-state index in [0.717, 1.165) is 36.8 Å². The van der Waals surface area contributed by atoms with E-state index >= 15 is 0 Å². The number of benzene rings is 1. The summed E-state index contributed by atoms with van der Waals surface area (Å²) >= 11 is 0. The number of rotatable bonds is 6. The Kier molecular flexibility index (Phi) is 6.37. The maximum Gasteiger partial charge on any atom is 0.241 e. The highest BCUT2D eigenvalue weighted by molar-refractivity contribution is 5.83. The highest BCUT2D eigenvalue weighted by Crippen LogP contribution is 2.28. The normalized spacial score (nSPS) is 22.2. The lowest BCUT2D eigenvalue weighted by atomic mass is 9.81. The summed E-state index contributed by atoms with van der Waals surface area (Å²) in [6.07, 6.45) is 3.58. The van der Waals surface area contributed by atoms with Crippen LogP contribution in [0, 0.1) is 18.8 Å². The van der Waals surface area contributed by atoms with E-state index in [1.807, 2.05) is 44.1 Å². The van der Waals surface area contributed by atoms with E-state index < -0.39 is 0 Å². The average Bonchev–Trinajstić information content (AvgIpc) is 2.53. The summed E-state index contributed by atoms with van der Waals surface area (Å²) in [6.45, 7) is 2.70. The lowest BCUT2D eigenvalue weighted by Crippen LogP contribution is -2.40. The van der Waals surface area contributed by atoms with Gasteiger partial charge < -0.3 is 11.1 Å². The summed E-state index contributed by atoms with van der Waals surface area (Å²) in [4.78, 5) is 25.8. The van der Waals surface area contributed by atoms with Crippen LogP contribution in [0.1, 0.15) is 42.9 Å². The van der Waals surface area contributed by atoms with Gasteiger partial charge in [0.1, 0.15) is 6.04 Å². The quantitative estimate of drug-likeness (QED) is 0.837. The molecule has 132 valence electrons. The summed E-state index contributed by atoms with van der Waals surface area (Å²) in [6, 6.07) is 7.79. The van der Waals surface area contributed by atoms with Gasteiger partial charge in [0.25, 0.3) is 0 Å². The van der Waals surface area contributed by atoms with E-state index in [-0.39, 0.29) is 23.8 Å². The Morgan fingerprint density at radius 3 is 2.46 bits per heavy atom. The molecule has 0 aromatic heterocycles. The van der Waals surface area contributed by atoms with Gasteiger partial charge in [0.05, 0.1) is 0 Å². The highest BCUT2D eigenvalue weighted by atomic mass is 16.2. The van der Waals surface area contributed by atoms with Crippen molar-refractivity contribution in [1.29, 1.82) is 0 Å². The molecule has 5 heteroatoms. The van der Waals surface area contributed by atoms with Crippen molar-refractivity contribution in [2.24, 2.45) is 17.6 Å². The first-order valence-corrected chi connectivity index (χ1v) is 8.68. The Labute approximate surface area is 144 Å². The number of nitrogens with two attached hydrogens (primary N) is 1. The standard InChI is InChI=1S/C19H29N3O2/c1-13-5-4-6-16(11-13)17(22(2)3)19(24)21-12-14-7-9-15(10-8-14)18(20)23/h4-6,11,14-15,17H,7-10,12H2,1-3H3,(H2,20,23)(H,21,24). The Morgan fingerprint density at radius 1 is 1.25 bits per heavy atom. The maximum absolute atomic E-state index is 12.7. The zero-order valence-corrected chi connectivity index (χ0v) is 14.9. The number of nitrogens with zero attached hydrogens (tertiary/aromatic N) is 1. The van der Waals surface area contributed by atoms with Gasteiger partial charge in [-0.1, -0.05) is 29.8 Å². The largest absolute Gasteiger partial charge is 0.369 e. The zero-order chi connectivity index (χ0) is 17.7. The summed E-state index contributed by atoms with van der Waals surface area (Å²) in [7, 11) is 3.84. The molecule has 0 bridgehead atoms. The van der Waals surface area contributed by atoms with E-state index in [2.05, 4.69) is 11.4 Å². The SMILES string of the molecule is Cc1cccc(C(C(=O)NCC2CCC(C(N)=O)CC2)N(C)C)c1. The molecule has 1 atom stereocenters. The molecule has 0 saturated heterocycles. The van der Waals surface area contributed by atoms with Crippen molar-refractivity contribution >= 4 is 11.8 Å². The van der Waals surface area contributed by atoms with Gasteiger partial charge in [0.15, 0.2) is 0 Å². The van der Waals surface area contributed by atoms with Crippen LogP contribution >= 0.6 is 0 Å². The van der Waals surface area contributed by atoms with Crippen LogP contribution in [0.2, 0.25) is 0 Å². The van der Waals surface area contributed by atoms with Gasteiger partial charge in [-0.2, -0.15) is 0 Å². The maximum atomic E-state index is 12.7. The second-order valence-electron chi connectivity index (χ2n) is 7.15. The molecule has 0 spiro atoms. The molecule has 24 heavy (non-hydrogen) atoms. The number of aryl methyl sites for hydroxylation is 1. The van der Waals surface area contributed by atoms with E-state index in [1.54, 1.807) is 0 Å². The number of nitrogens with one attached hydrogen (secondary N) is 1. The molecule has 1 aliphatic rings. The Balaban J connectivity index is 1.91. The fourth-order valence-corrected chi connectivity index (χ4v) is 3.52. The van der Waals surface area contributed by atoms with E-state index in [4.69, 9.17) is 5.73 Å². The topological polar surface area (TPSA) is 75.4 Å². The molecule has 3 N–H and O–H groups in total. The van der Waals surface area contributed by atoms with E-state index in [9.17, 15) is 9.59 Å². The Hall–Kier alpha value is -1.88. The predicted molar refractivity (Wildman–Crippen MR) is 95.3 cm³/mol. The number of amides is 2. The number of primary amides is 1. The first-order chi connectivity index (χ1) is 11.4. The van der Waals surface area contributed by atoms with Crippen LogP contribution < -0.4 is 11.1 Å². The van der Waals surface area contributed by atoms with Crippen molar-refractivity contribution in [1.82, 2.24) is 10.2 Å². The molecule has 2 amide bonds. The molecule has 2 rings (SSSR count). The van der Waals surface area contributed by atoms with Crippen molar-refractivity contribution in [3.05, 3.63) is 35.4 Å². The number of hydrogen-bond acceptors (Lipinski definition) is 3. The zero-order valence-electron chi connectivity index (χ0n) is 14.9. The first kappa shape index (κ1) is 18.5. The Morgan fingerprint density at radius 2 is 1.92 bits per heavy atom. The number of likely N-dealkylation sites (N-methyl/N-ethyl adjacent to an activating group) is 1. The molecule has 1 saturated carbocycles. The van der Waals surface area contributed by atoms with Crippen LogP contribution in [0.3, 0.4) is 0 Å². The van der Waals surface area contributed by atoms with Gasteiger partial charge in [-0.15, -0.1) is 0 Å². The molecule has 1 aromatic rings. The van der Waals surface area contributed by atoms with Gasteiger partial charge in [0, 0.05) is 12.5 Å². The monoisotopic (exact) mass is 331 g/mol. The Bertz CT molecular complexity index is 578. The first-order valence-electron chi connectivity index (χ1n) is 8.68. The fraction of sp³-hybridized carbons (Fsp3) is 0.579. The van der Waals surface area contributed by atoms with Crippen molar-refractivity contribution in [2.75, 3.05) is 20.6 Å². The molecular formula is C19H29N3O2. The fourth-order valence-electron chi connectivity index (χ4n) is 3.52. The molecule has 1 fully saturated rings. The second kappa shape index (κ2) is 8.29. The second-order valence-corrected chi connectivity index (χ2v) is 7.15. The minimum atomic E-state index is -0.285. The summed E-state index contributed by atoms with van der Waals surface area (Å²) in [5.41, 5.74) is 7.53. The van der Waals surface area contributed by atoms with Crippen LogP contribution in [-0.2, 0) is 9.59 Å². The lowest BCUT2D eigenvalue weighted by molar-refractivity contribution is -0.126. The van der Waals surface area contributed by atoms with Gasteiger partial charge in [-0.05, 0) is 58.2 Å². The lowest BCUT2D eigenvalue weighted by Gasteiger charge is -2.29. The van der Waals surface area contributed by atoms with Crippen molar-refractivity contribution in [3.8, 4) is 0 Å². The van der Waals surface area contributed by atoms with Gasteiger partial charge in [-0.25, -0.2) is 0 Å². The van der Waals surface area contributed by atoms with Gasteiger partial charge in [0.2, 0.25) is 11.8 Å². The molecule has 5 nitrogen and oxygen atoms in total. The minimum absolute atomic E-state index is 0.0127. The average molecular weight is 331 g/mol. The molecule has 1 unspecified atom stereocenters. The van der Waals surface area contributed by atoms with Crippen LogP contribution in [0.25, 0.3) is 0 Å². The van der Waals surface area contributed by atoms with Crippen LogP contribution in [-0.4, -0.2) is 37.4 Å². The molecule has 0 radical (unpaired) electrons. The minimum Gasteiger partial charge on any atom is -0.369 e. The van der Waals surface area contributed by atoms with E-state index in [1.165, 1.54) is 0 Å². The van der Waals surface area contributed by atoms with Crippen molar-refractivity contribution < 1.29 is 9.59 Å². The van der Waals surface area contributed by atoms with Crippen molar-refractivity contribution in [3.63, 3.8) is 0 Å². The third-order valence-corrected chi connectivity index (χ3v) is 4.94. The molecule has 1 aliphatic carbocycles. The van der Waals surface area contributed by atoms with E-state index in [0.29, 0.717) is 12.5 Å². The van der Waals surface area contributed by atoms with Crippen molar-refractivity contribution in [2.45, 2.75) is 38.6 Å². The molecular weight excluding hydrogens is 302 g/mol. The molecule has 1 aromatic carbocycles. The summed E-state index contributed by atoms with van der Waals surface area (Å²) < 4.78 is 0. The number of carbonyl (C=O) groups excluding carboxylic acids is 2. The third-order valence-electron chi connectivity index (χ3n) is 4.94. The number of hydrogen-bond donors (Lipinski definition) is 2. The highest BCUT2D eigenvalue weighted by Gasteiger charge is 2.27. The van der Waals surface area contributed by atoms with Crippen LogP contribution in [0.4, 0.5) is 0 Å². The predicted octanol–water partition coefficient (Wildman–Crippen LogP) is 2.01. The van der Waals surface area contributed by atoms with Crippen LogP contribution in [0.15, 0.2) is 24.3 Å². The summed E-state index contributed by atoms with van der Waals surface area (Å²) in [5, 5.41) is 3.10. The van der Waals surface area contributed by atoms with Gasteiger partial charge in [-0.3, -0.25) is 14.5 Å². The smallest absolute Gasteiger partial charge is 0.241 e. The molecule has 0 heterocycles.